The smallest absolute Gasteiger partial charge is 0.328 e. The predicted octanol–water partition coefficient (Wildman–Crippen LogP) is 3.08. The van der Waals surface area contributed by atoms with Crippen molar-refractivity contribution in [1.29, 1.82) is 0 Å². The zero-order valence-corrected chi connectivity index (χ0v) is 11.7. The van der Waals surface area contributed by atoms with Crippen LogP contribution >= 0.6 is 0 Å². The monoisotopic (exact) mass is 261 g/mol. The number of amides is 1. The van der Waals surface area contributed by atoms with E-state index in [2.05, 4.69) is 5.32 Å². The lowest BCUT2D eigenvalue weighted by atomic mass is 9.95. The highest BCUT2D eigenvalue weighted by atomic mass is 16.4. The van der Waals surface area contributed by atoms with E-state index in [9.17, 15) is 9.59 Å². The van der Waals surface area contributed by atoms with Gasteiger partial charge in [0.25, 0.3) is 0 Å². The zero-order valence-electron chi connectivity index (χ0n) is 11.7. The number of hydrogen-bond acceptors (Lipinski definition) is 2. The van der Waals surface area contributed by atoms with E-state index in [0.29, 0.717) is 5.69 Å². The number of benzene rings is 1. The molecule has 1 aromatic rings. The largest absolute Gasteiger partial charge is 0.478 e. The molecule has 0 spiro atoms. The molecule has 1 aromatic carbocycles. The molecular formula is C15H19NO3. The molecule has 4 nitrogen and oxygen atoms in total. The number of aliphatic carboxylic acids is 1. The van der Waals surface area contributed by atoms with Gasteiger partial charge in [-0.05, 0) is 30.2 Å². The molecule has 4 heteroatoms. The van der Waals surface area contributed by atoms with Crippen LogP contribution in [-0.4, -0.2) is 17.0 Å². The van der Waals surface area contributed by atoms with Crippen molar-refractivity contribution in [2.24, 2.45) is 5.41 Å². The average molecular weight is 261 g/mol. The van der Waals surface area contributed by atoms with Crippen LogP contribution in [0.1, 0.15) is 31.9 Å². The van der Waals surface area contributed by atoms with E-state index in [0.717, 1.165) is 17.2 Å². The molecule has 0 saturated carbocycles. The maximum atomic E-state index is 11.9. The molecule has 2 N–H and O–H groups in total. The van der Waals surface area contributed by atoms with Crippen LogP contribution in [0.3, 0.4) is 0 Å². The number of rotatable bonds is 3. The SMILES string of the molecule is Cc1ccc(C=CC(=O)O)cc1NC(=O)C(C)(C)C. The van der Waals surface area contributed by atoms with E-state index in [1.807, 2.05) is 39.8 Å². The summed E-state index contributed by atoms with van der Waals surface area (Å²) >= 11 is 0. The summed E-state index contributed by atoms with van der Waals surface area (Å²) in [5.41, 5.74) is 1.90. The summed E-state index contributed by atoms with van der Waals surface area (Å²) in [6.07, 6.45) is 2.56. The van der Waals surface area contributed by atoms with Crippen LogP contribution < -0.4 is 5.32 Å². The van der Waals surface area contributed by atoms with Gasteiger partial charge in [0.2, 0.25) is 5.91 Å². The van der Waals surface area contributed by atoms with Crippen LogP contribution in [0.15, 0.2) is 24.3 Å². The highest BCUT2D eigenvalue weighted by Crippen LogP contribution is 2.22. The number of carboxylic acid groups (broad SMARTS) is 1. The first-order valence-electron chi connectivity index (χ1n) is 6.03. The molecule has 102 valence electrons. The highest BCUT2D eigenvalue weighted by molar-refractivity contribution is 5.95. The minimum atomic E-state index is -0.999. The number of aryl methyl sites for hydroxylation is 1. The third kappa shape index (κ3) is 4.58. The van der Waals surface area contributed by atoms with Crippen molar-refractivity contribution in [3.63, 3.8) is 0 Å². The van der Waals surface area contributed by atoms with E-state index in [1.165, 1.54) is 6.08 Å². The molecule has 0 aliphatic carbocycles. The third-order valence-electron chi connectivity index (χ3n) is 2.61. The Bertz CT molecular complexity index is 525. The lowest BCUT2D eigenvalue weighted by Gasteiger charge is -2.19. The summed E-state index contributed by atoms with van der Waals surface area (Å²) < 4.78 is 0. The third-order valence-corrected chi connectivity index (χ3v) is 2.61. The molecule has 0 fully saturated rings. The van der Waals surface area contributed by atoms with Crippen LogP contribution in [0.5, 0.6) is 0 Å². The minimum Gasteiger partial charge on any atom is -0.478 e. The summed E-state index contributed by atoms with van der Waals surface area (Å²) in [5.74, 6) is -1.07. The fraction of sp³-hybridized carbons (Fsp3) is 0.333. The fourth-order valence-corrected chi connectivity index (χ4v) is 1.36. The molecule has 19 heavy (non-hydrogen) atoms. The summed E-state index contributed by atoms with van der Waals surface area (Å²) in [7, 11) is 0. The molecule has 1 rings (SSSR count). The molecule has 0 unspecified atom stereocenters. The van der Waals surface area contributed by atoms with Gasteiger partial charge >= 0.3 is 5.97 Å². The molecular weight excluding hydrogens is 242 g/mol. The van der Waals surface area contributed by atoms with E-state index in [-0.39, 0.29) is 5.91 Å². The Morgan fingerprint density at radius 2 is 1.89 bits per heavy atom. The lowest BCUT2D eigenvalue weighted by Crippen LogP contribution is -2.27. The Morgan fingerprint density at radius 3 is 2.42 bits per heavy atom. The first-order chi connectivity index (χ1) is 8.70. The summed E-state index contributed by atoms with van der Waals surface area (Å²) in [6, 6.07) is 5.42. The van der Waals surface area contributed by atoms with Gasteiger partial charge in [-0.1, -0.05) is 32.9 Å². The van der Waals surface area contributed by atoms with Gasteiger partial charge in [0.1, 0.15) is 0 Å². The van der Waals surface area contributed by atoms with Gasteiger partial charge in [0, 0.05) is 17.2 Å². The Balaban J connectivity index is 2.98. The number of carbonyl (C=O) groups is 2. The molecule has 0 atom stereocenters. The molecule has 0 aromatic heterocycles. The van der Waals surface area contributed by atoms with E-state index in [1.54, 1.807) is 6.07 Å². The van der Waals surface area contributed by atoms with E-state index < -0.39 is 11.4 Å². The topological polar surface area (TPSA) is 66.4 Å². The van der Waals surface area contributed by atoms with Crippen LogP contribution in [0.2, 0.25) is 0 Å². The predicted molar refractivity (Wildman–Crippen MR) is 75.9 cm³/mol. The van der Waals surface area contributed by atoms with Crippen molar-refractivity contribution in [2.75, 3.05) is 5.32 Å². The average Bonchev–Trinajstić information content (AvgIpc) is 2.28. The zero-order chi connectivity index (χ0) is 14.6. The lowest BCUT2D eigenvalue weighted by molar-refractivity contribution is -0.131. The van der Waals surface area contributed by atoms with Crippen LogP contribution in [0.4, 0.5) is 5.69 Å². The van der Waals surface area contributed by atoms with E-state index in [4.69, 9.17) is 5.11 Å². The number of carbonyl (C=O) groups excluding carboxylic acids is 1. The second-order valence-corrected chi connectivity index (χ2v) is 5.45. The molecule has 0 aliphatic heterocycles. The van der Waals surface area contributed by atoms with Gasteiger partial charge in [0.05, 0.1) is 0 Å². The molecule has 1 amide bonds. The first kappa shape index (κ1) is 15.0. The van der Waals surface area contributed by atoms with Gasteiger partial charge in [-0.3, -0.25) is 4.79 Å². The van der Waals surface area contributed by atoms with Crippen LogP contribution in [0.25, 0.3) is 6.08 Å². The molecule has 0 bridgehead atoms. The first-order valence-corrected chi connectivity index (χ1v) is 6.03. The highest BCUT2D eigenvalue weighted by Gasteiger charge is 2.21. The van der Waals surface area contributed by atoms with Gasteiger partial charge < -0.3 is 10.4 Å². The molecule has 0 radical (unpaired) electrons. The summed E-state index contributed by atoms with van der Waals surface area (Å²) in [4.78, 5) is 22.4. The number of hydrogen-bond donors (Lipinski definition) is 2. The van der Waals surface area contributed by atoms with Gasteiger partial charge in [0.15, 0.2) is 0 Å². The normalized spacial score (nSPS) is 11.6. The Morgan fingerprint density at radius 1 is 1.26 bits per heavy atom. The maximum Gasteiger partial charge on any atom is 0.328 e. The quantitative estimate of drug-likeness (QED) is 0.822. The number of nitrogens with one attached hydrogen (secondary N) is 1. The van der Waals surface area contributed by atoms with Crippen molar-refractivity contribution in [1.82, 2.24) is 0 Å². The Labute approximate surface area is 113 Å². The standard InChI is InChI=1S/C15H19NO3/c1-10-5-6-11(7-8-13(17)18)9-12(10)16-14(19)15(2,3)4/h5-9H,1-4H3,(H,16,19)(H,17,18). The molecule has 0 heterocycles. The Kier molecular flexibility index (Phi) is 4.48. The molecule has 0 aliphatic rings. The van der Waals surface area contributed by atoms with Gasteiger partial charge in [-0.15, -0.1) is 0 Å². The van der Waals surface area contributed by atoms with Gasteiger partial charge in [-0.2, -0.15) is 0 Å². The number of carboxylic acids is 1. The van der Waals surface area contributed by atoms with E-state index >= 15 is 0 Å². The second-order valence-electron chi connectivity index (χ2n) is 5.45. The molecule has 0 saturated heterocycles. The van der Waals surface area contributed by atoms with Crippen molar-refractivity contribution in [2.45, 2.75) is 27.7 Å². The minimum absolute atomic E-state index is 0.0741. The van der Waals surface area contributed by atoms with Crippen molar-refractivity contribution < 1.29 is 14.7 Å². The summed E-state index contributed by atoms with van der Waals surface area (Å²) in [6.45, 7) is 7.41. The van der Waals surface area contributed by atoms with Crippen molar-refractivity contribution in [3.05, 3.63) is 35.4 Å². The van der Waals surface area contributed by atoms with Crippen molar-refractivity contribution in [3.8, 4) is 0 Å². The van der Waals surface area contributed by atoms with Crippen LogP contribution in [0, 0.1) is 12.3 Å². The summed E-state index contributed by atoms with van der Waals surface area (Å²) in [5, 5.41) is 11.5. The van der Waals surface area contributed by atoms with Crippen LogP contribution in [-0.2, 0) is 9.59 Å². The number of anilines is 1. The van der Waals surface area contributed by atoms with Gasteiger partial charge in [-0.25, -0.2) is 4.79 Å². The maximum absolute atomic E-state index is 11.9. The Hall–Kier alpha value is -2.10. The fourth-order valence-electron chi connectivity index (χ4n) is 1.36. The second kappa shape index (κ2) is 5.69. The van der Waals surface area contributed by atoms with Crippen molar-refractivity contribution >= 4 is 23.6 Å².